The molecule has 0 fully saturated rings. The lowest BCUT2D eigenvalue weighted by Crippen LogP contribution is -1.97. The van der Waals surface area contributed by atoms with Crippen LogP contribution in [0.4, 0.5) is 0 Å². The van der Waals surface area contributed by atoms with Gasteiger partial charge in [0.1, 0.15) is 0 Å². The third kappa shape index (κ3) is 13.2. The van der Waals surface area contributed by atoms with Crippen LogP contribution in [0.3, 0.4) is 0 Å². The number of para-hydroxylation sites is 9. The first-order valence-corrected chi connectivity index (χ1v) is 39.4. The molecule has 0 unspecified atom stereocenters. The Morgan fingerprint density at radius 2 is 0.447 bits per heavy atom. The smallest absolute Gasteiger partial charge is 0.0541 e. The standard InChI is InChI=1S/2C31H23N.C25H19N.C23H17N/c1-22-7-6-8-26(21-22)25-15-13-23(14-16-25)24-17-19-27(20-18-24)32-30-11-4-2-9-28(30)29-10-3-5-12-31(29)32;1-22-10-8-11-23(20-22)26-14-2-3-15-27(26)24-12-9-13-25(21-24)32-30-18-6-4-16-28(30)29-17-5-7-19-31(29)32;1-18-9-8-10-19(17-18)20-11-2-5-14-23(20)26-24-15-6-3-12-21(24)22-13-4-7-16-25(22)26;1-16-14-18(15-17-8-2-3-9-19(16)17)24-22-12-6-4-10-20(22)21-11-5-7-13-23(21)24/h2*2-21H,1H3;2-17H,1H3;2-15H,1H3. The Bertz CT molecular complexity index is 7130. The molecule has 4 heterocycles. The van der Waals surface area contributed by atoms with Gasteiger partial charge in [0.15, 0.2) is 0 Å². The fourth-order valence-electron chi connectivity index (χ4n) is 17.2. The molecule has 0 aliphatic carbocycles. The number of hydrogen-bond acceptors (Lipinski definition) is 0. The van der Waals surface area contributed by atoms with E-state index >= 15 is 0 Å². The molecule has 0 N–H and O–H groups in total. The molecule has 114 heavy (non-hydrogen) atoms. The minimum Gasteiger partial charge on any atom is -0.309 e. The predicted molar refractivity (Wildman–Crippen MR) is 487 cm³/mol. The number of aromatic nitrogens is 4. The number of nitrogens with zero attached hydrogens (tertiary/aromatic N) is 4. The van der Waals surface area contributed by atoms with Gasteiger partial charge in [-0.05, 0) is 185 Å². The van der Waals surface area contributed by atoms with Gasteiger partial charge in [-0.25, -0.2) is 0 Å². The van der Waals surface area contributed by atoms with Crippen LogP contribution in [-0.4, -0.2) is 18.3 Å². The highest BCUT2D eigenvalue weighted by Gasteiger charge is 2.19. The molecular formula is C110H82N4. The van der Waals surface area contributed by atoms with E-state index in [1.54, 1.807) is 0 Å². The van der Waals surface area contributed by atoms with Crippen molar-refractivity contribution in [3.05, 3.63) is 447 Å². The molecule has 4 aromatic heterocycles. The van der Waals surface area contributed by atoms with Crippen molar-refractivity contribution >= 4 is 98.0 Å². The van der Waals surface area contributed by atoms with Crippen LogP contribution in [-0.2, 0) is 0 Å². The molecule has 0 spiro atoms. The zero-order chi connectivity index (χ0) is 76.6. The van der Waals surface area contributed by atoms with E-state index in [4.69, 9.17) is 0 Å². The normalized spacial score (nSPS) is 11.3. The molecule has 542 valence electrons. The van der Waals surface area contributed by atoms with Crippen LogP contribution in [0.1, 0.15) is 22.3 Å². The van der Waals surface area contributed by atoms with Gasteiger partial charge in [-0.1, -0.05) is 350 Å². The summed E-state index contributed by atoms with van der Waals surface area (Å²) in [5.41, 5.74) is 32.4. The number of rotatable bonds is 9. The quantitative estimate of drug-likeness (QED) is 0.137. The van der Waals surface area contributed by atoms with Gasteiger partial charge in [0.2, 0.25) is 0 Å². The average molecular weight is 1460 g/mol. The molecular weight excluding hydrogens is 1380 g/mol. The molecule has 0 atom stereocenters. The van der Waals surface area contributed by atoms with Crippen LogP contribution in [0, 0.1) is 27.7 Å². The zero-order valence-corrected chi connectivity index (χ0v) is 64.2. The molecule has 0 saturated heterocycles. The predicted octanol–water partition coefficient (Wildman–Crippen LogP) is 29.9. The maximum atomic E-state index is 2.39. The van der Waals surface area contributed by atoms with Gasteiger partial charge >= 0.3 is 0 Å². The van der Waals surface area contributed by atoms with Gasteiger partial charge in [0.05, 0.1) is 49.8 Å². The lowest BCUT2D eigenvalue weighted by Gasteiger charge is -2.14. The molecule has 22 rings (SSSR count). The van der Waals surface area contributed by atoms with Crippen LogP contribution in [0.5, 0.6) is 0 Å². The van der Waals surface area contributed by atoms with Crippen molar-refractivity contribution < 1.29 is 0 Å². The second kappa shape index (κ2) is 30.4. The molecule has 0 aliphatic heterocycles. The highest BCUT2D eigenvalue weighted by molar-refractivity contribution is 6.13. The van der Waals surface area contributed by atoms with Gasteiger partial charge in [0.25, 0.3) is 0 Å². The summed E-state index contributed by atoms with van der Waals surface area (Å²) in [4.78, 5) is 0. The van der Waals surface area contributed by atoms with E-state index in [1.165, 1.54) is 199 Å². The highest BCUT2D eigenvalue weighted by Crippen LogP contribution is 2.41. The fraction of sp³-hybridized carbons (Fsp3) is 0.0364. The Morgan fingerprint density at radius 1 is 0.158 bits per heavy atom. The van der Waals surface area contributed by atoms with E-state index in [-0.39, 0.29) is 0 Å². The SMILES string of the molecule is Cc1cc(-n2c3ccccc3c3ccccc32)cc2ccccc12.Cc1cccc(-c2ccc(-c3ccc(-n4c5ccccc5c5ccccc54)cc3)cc2)c1.Cc1cccc(-c2ccccc2-c2cccc(-n3c4ccccc4c4ccccc43)c2)c1.Cc1cccc(-c2ccccc2-n2c3ccccc3c3ccccc32)c1. The van der Waals surface area contributed by atoms with Gasteiger partial charge in [0, 0.05) is 65.7 Å². The van der Waals surface area contributed by atoms with Crippen LogP contribution in [0.25, 0.3) is 176 Å². The van der Waals surface area contributed by atoms with Gasteiger partial charge < -0.3 is 18.3 Å². The highest BCUT2D eigenvalue weighted by atomic mass is 15.0. The number of aryl methyl sites for hydroxylation is 4. The first-order valence-electron chi connectivity index (χ1n) is 39.4. The molecule has 4 nitrogen and oxygen atoms in total. The van der Waals surface area contributed by atoms with Crippen molar-refractivity contribution in [1.29, 1.82) is 0 Å². The monoisotopic (exact) mass is 1460 g/mol. The van der Waals surface area contributed by atoms with Gasteiger partial charge in [-0.15, -0.1) is 0 Å². The lowest BCUT2D eigenvalue weighted by atomic mass is 9.93. The first kappa shape index (κ1) is 69.8. The van der Waals surface area contributed by atoms with Crippen LogP contribution in [0.2, 0.25) is 0 Å². The van der Waals surface area contributed by atoms with E-state index in [9.17, 15) is 0 Å². The van der Waals surface area contributed by atoms with Crippen LogP contribution in [0.15, 0.2) is 425 Å². The molecule has 0 bridgehead atoms. The minimum absolute atomic E-state index is 1.18. The maximum Gasteiger partial charge on any atom is 0.0541 e. The van der Waals surface area contributed by atoms with E-state index in [0.29, 0.717) is 0 Å². The summed E-state index contributed by atoms with van der Waals surface area (Å²) >= 11 is 0. The molecule has 0 aliphatic rings. The lowest BCUT2D eigenvalue weighted by molar-refractivity contribution is 1.18. The summed E-state index contributed by atoms with van der Waals surface area (Å²) in [7, 11) is 0. The molecule has 18 aromatic carbocycles. The third-order valence-corrected chi connectivity index (χ3v) is 22.5. The Balaban J connectivity index is 0.000000103. The number of fused-ring (bicyclic) bond motifs is 13. The summed E-state index contributed by atoms with van der Waals surface area (Å²) in [5, 5.41) is 13.0. The third-order valence-electron chi connectivity index (χ3n) is 22.5. The van der Waals surface area contributed by atoms with Crippen LogP contribution >= 0.6 is 0 Å². The number of benzene rings is 18. The Labute approximate surface area is 664 Å². The average Bonchev–Trinajstić information content (AvgIpc) is 1.61. The van der Waals surface area contributed by atoms with Crippen molar-refractivity contribution in [3.8, 4) is 78.4 Å². The Hall–Kier alpha value is -14.6. The van der Waals surface area contributed by atoms with Crippen molar-refractivity contribution in [2.75, 3.05) is 0 Å². The minimum atomic E-state index is 1.18. The summed E-state index contributed by atoms with van der Waals surface area (Å²) in [6.45, 7) is 8.62. The van der Waals surface area contributed by atoms with Crippen LogP contribution < -0.4 is 0 Å². The largest absolute Gasteiger partial charge is 0.309 e. The van der Waals surface area contributed by atoms with Crippen molar-refractivity contribution in [3.63, 3.8) is 0 Å². The van der Waals surface area contributed by atoms with E-state index in [1.807, 2.05) is 0 Å². The molecule has 22 aromatic rings. The van der Waals surface area contributed by atoms with Crippen molar-refractivity contribution in [2.24, 2.45) is 0 Å². The second-order valence-corrected chi connectivity index (χ2v) is 29.8. The fourth-order valence-corrected chi connectivity index (χ4v) is 17.2. The Morgan fingerprint density at radius 3 is 0.868 bits per heavy atom. The van der Waals surface area contributed by atoms with Gasteiger partial charge in [-0.2, -0.15) is 0 Å². The summed E-state index contributed by atoms with van der Waals surface area (Å²) in [6, 6.07) is 153. The van der Waals surface area contributed by atoms with E-state index in [2.05, 4.69) is 471 Å². The van der Waals surface area contributed by atoms with Crippen molar-refractivity contribution in [1.82, 2.24) is 18.3 Å². The summed E-state index contributed by atoms with van der Waals surface area (Å²) in [5.74, 6) is 0. The molecule has 0 saturated carbocycles. The second-order valence-electron chi connectivity index (χ2n) is 29.8. The van der Waals surface area contributed by atoms with Gasteiger partial charge in [-0.3, -0.25) is 0 Å². The first-order chi connectivity index (χ1) is 56.2. The summed E-state index contributed by atoms with van der Waals surface area (Å²) in [6.07, 6.45) is 0. The van der Waals surface area contributed by atoms with Crippen molar-refractivity contribution in [2.45, 2.75) is 27.7 Å². The molecule has 4 heteroatoms. The number of hydrogen-bond donors (Lipinski definition) is 0. The zero-order valence-electron chi connectivity index (χ0n) is 64.2. The Kier molecular flexibility index (Phi) is 18.6. The topological polar surface area (TPSA) is 19.7 Å². The molecule has 0 radical (unpaired) electrons. The van der Waals surface area contributed by atoms with E-state index in [0.717, 1.165) is 0 Å². The summed E-state index contributed by atoms with van der Waals surface area (Å²) < 4.78 is 9.51. The molecule has 0 amide bonds. The van der Waals surface area contributed by atoms with E-state index < -0.39 is 0 Å². The maximum absolute atomic E-state index is 2.39.